The quantitative estimate of drug-likeness (QED) is 0.437. The van der Waals surface area contributed by atoms with Gasteiger partial charge in [-0.1, -0.05) is 18.2 Å². The third-order valence-corrected chi connectivity index (χ3v) is 5.85. The number of likely N-dealkylation sites (N-methyl/N-ethyl adjacent to an activating group) is 1. The SMILES string of the molecule is COC(=O)c1ccc(C(C#N)(CCCN(C)CCc2ccc(OC)c(OC)c2)C(=O)OC)cc1. The van der Waals surface area contributed by atoms with Crippen molar-refractivity contribution in [1.82, 2.24) is 4.90 Å². The molecule has 2 aromatic carbocycles. The number of esters is 2. The summed E-state index contributed by atoms with van der Waals surface area (Å²) in [4.78, 5) is 26.5. The van der Waals surface area contributed by atoms with Gasteiger partial charge < -0.3 is 23.8 Å². The molecule has 1 unspecified atom stereocenters. The number of rotatable bonds is 12. The number of nitrogens with zero attached hydrogens (tertiary/aromatic N) is 2. The standard InChI is InChI=1S/C26H32N2O6/c1-28(16-13-19-7-12-22(31-2)23(17-19)32-3)15-6-14-26(18-27,25(30)34-5)21-10-8-20(9-11-21)24(29)33-4/h7-12,17H,6,13-16H2,1-5H3. The molecule has 1 atom stereocenters. The van der Waals surface area contributed by atoms with E-state index in [1.165, 1.54) is 14.2 Å². The van der Waals surface area contributed by atoms with Gasteiger partial charge in [0.2, 0.25) is 0 Å². The molecule has 0 saturated heterocycles. The van der Waals surface area contributed by atoms with Gasteiger partial charge in [0.1, 0.15) is 0 Å². The number of benzene rings is 2. The van der Waals surface area contributed by atoms with E-state index in [1.54, 1.807) is 38.5 Å². The van der Waals surface area contributed by atoms with Crippen LogP contribution in [-0.2, 0) is 26.1 Å². The maximum Gasteiger partial charge on any atom is 0.337 e. The van der Waals surface area contributed by atoms with Gasteiger partial charge in [0.25, 0.3) is 0 Å². The Bertz CT molecular complexity index is 1010. The van der Waals surface area contributed by atoms with E-state index in [9.17, 15) is 14.9 Å². The molecular weight excluding hydrogens is 436 g/mol. The number of hydrogen-bond acceptors (Lipinski definition) is 8. The lowest BCUT2D eigenvalue weighted by Crippen LogP contribution is -2.36. The molecule has 0 heterocycles. The van der Waals surface area contributed by atoms with E-state index in [2.05, 4.69) is 11.0 Å². The summed E-state index contributed by atoms with van der Waals surface area (Å²) in [6, 6.07) is 14.3. The molecule has 0 saturated carbocycles. The largest absolute Gasteiger partial charge is 0.493 e. The third kappa shape index (κ3) is 6.27. The maximum absolute atomic E-state index is 12.7. The molecule has 8 heteroatoms. The monoisotopic (exact) mass is 468 g/mol. The fraction of sp³-hybridized carbons (Fsp3) is 0.423. The van der Waals surface area contributed by atoms with Crippen molar-refractivity contribution in [3.63, 3.8) is 0 Å². The van der Waals surface area contributed by atoms with Crippen LogP contribution in [0, 0.1) is 11.3 Å². The summed E-state index contributed by atoms with van der Waals surface area (Å²) < 4.78 is 20.3. The number of carbonyl (C=O) groups excluding carboxylic acids is 2. The second kappa shape index (κ2) is 12.6. The highest BCUT2D eigenvalue weighted by Gasteiger charge is 2.41. The van der Waals surface area contributed by atoms with Crippen LogP contribution in [0.2, 0.25) is 0 Å². The molecule has 0 N–H and O–H groups in total. The Morgan fingerprint density at radius 1 is 0.941 bits per heavy atom. The lowest BCUT2D eigenvalue weighted by atomic mass is 9.77. The van der Waals surface area contributed by atoms with Gasteiger partial charge in [-0.2, -0.15) is 5.26 Å². The number of hydrogen-bond donors (Lipinski definition) is 0. The van der Waals surface area contributed by atoms with Crippen molar-refractivity contribution in [2.75, 3.05) is 48.6 Å². The van der Waals surface area contributed by atoms with Crippen molar-refractivity contribution in [3.8, 4) is 17.6 Å². The van der Waals surface area contributed by atoms with Crippen LogP contribution in [0.3, 0.4) is 0 Å². The Morgan fingerprint density at radius 2 is 1.62 bits per heavy atom. The fourth-order valence-corrected chi connectivity index (χ4v) is 3.80. The van der Waals surface area contributed by atoms with Gasteiger partial charge >= 0.3 is 11.9 Å². The van der Waals surface area contributed by atoms with Gasteiger partial charge in [-0.3, -0.25) is 0 Å². The summed E-state index contributed by atoms with van der Waals surface area (Å²) in [6.07, 6.45) is 1.70. The number of nitriles is 1. The first-order chi connectivity index (χ1) is 16.3. The number of methoxy groups -OCH3 is 4. The second-order valence-electron chi connectivity index (χ2n) is 7.92. The summed E-state index contributed by atoms with van der Waals surface area (Å²) in [5.41, 5.74) is 0.504. The molecule has 0 fully saturated rings. The van der Waals surface area contributed by atoms with Gasteiger partial charge in [0, 0.05) is 6.54 Å². The van der Waals surface area contributed by atoms with Gasteiger partial charge in [-0.05, 0) is 68.2 Å². The zero-order valence-electron chi connectivity index (χ0n) is 20.4. The van der Waals surface area contributed by atoms with E-state index in [4.69, 9.17) is 18.9 Å². The lowest BCUT2D eigenvalue weighted by molar-refractivity contribution is -0.145. The molecule has 0 aliphatic rings. The highest BCUT2D eigenvalue weighted by molar-refractivity contribution is 5.90. The number of carbonyl (C=O) groups is 2. The summed E-state index contributed by atoms with van der Waals surface area (Å²) in [7, 11) is 7.78. The Morgan fingerprint density at radius 3 is 2.18 bits per heavy atom. The molecule has 2 rings (SSSR count). The summed E-state index contributed by atoms with van der Waals surface area (Å²) >= 11 is 0. The van der Waals surface area contributed by atoms with E-state index >= 15 is 0 Å². The van der Waals surface area contributed by atoms with E-state index in [0.29, 0.717) is 35.6 Å². The highest BCUT2D eigenvalue weighted by atomic mass is 16.5. The minimum Gasteiger partial charge on any atom is -0.493 e. The normalized spacial score (nSPS) is 12.4. The molecule has 182 valence electrons. The summed E-state index contributed by atoms with van der Waals surface area (Å²) in [5.74, 6) is 0.282. The van der Waals surface area contributed by atoms with E-state index < -0.39 is 17.4 Å². The predicted molar refractivity (Wildman–Crippen MR) is 127 cm³/mol. The van der Waals surface area contributed by atoms with Crippen molar-refractivity contribution < 1.29 is 28.5 Å². The molecule has 0 aliphatic carbocycles. The summed E-state index contributed by atoms with van der Waals surface area (Å²) in [6.45, 7) is 1.48. The summed E-state index contributed by atoms with van der Waals surface area (Å²) in [5, 5.41) is 9.99. The van der Waals surface area contributed by atoms with Crippen molar-refractivity contribution in [3.05, 3.63) is 59.2 Å². The molecule has 0 aliphatic heterocycles. The maximum atomic E-state index is 12.7. The minimum absolute atomic E-state index is 0.286. The highest BCUT2D eigenvalue weighted by Crippen LogP contribution is 2.31. The topological polar surface area (TPSA) is 98.1 Å². The molecule has 8 nitrogen and oxygen atoms in total. The predicted octanol–water partition coefficient (Wildman–Crippen LogP) is 3.38. The molecule has 0 aromatic heterocycles. The van der Waals surface area contributed by atoms with Crippen LogP contribution in [0.1, 0.15) is 34.3 Å². The van der Waals surface area contributed by atoms with Crippen molar-refractivity contribution in [1.29, 1.82) is 5.26 Å². The van der Waals surface area contributed by atoms with Gasteiger partial charge in [-0.15, -0.1) is 0 Å². The molecular formula is C26H32N2O6. The molecule has 0 radical (unpaired) electrons. The van der Waals surface area contributed by atoms with Gasteiger partial charge in [0.15, 0.2) is 16.9 Å². The van der Waals surface area contributed by atoms with E-state index in [-0.39, 0.29) is 6.42 Å². The van der Waals surface area contributed by atoms with Crippen LogP contribution >= 0.6 is 0 Å². The first-order valence-electron chi connectivity index (χ1n) is 10.9. The molecule has 2 aromatic rings. The number of ether oxygens (including phenoxy) is 4. The lowest BCUT2D eigenvalue weighted by Gasteiger charge is -2.26. The zero-order chi connectivity index (χ0) is 25.1. The smallest absolute Gasteiger partial charge is 0.337 e. The van der Waals surface area contributed by atoms with E-state index in [0.717, 1.165) is 18.5 Å². The fourth-order valence-electron chi connectivity index (χ4n) is 3.80. The van der Waals surface area contributed by atoms with Crippen LogP contribution in [0.25, 0.3) is 0 Å². The minimum atomic E-state index is -1.45. The molecule has 0 amide bonds. The van der Waals surface area contributed by atoms with Crippen molar-refractivity contribution >= 4 is 11.9 Å². The third-order valence-electron chi connectivity index (χ3n) is 5.85. The van der Waals surface area contributed by atoms with Crippen LogP contribution in [0.15, 0.2) is 42.5 Å². The molecule has 34 heavy (non-hydrogen) atoms. The average Bonchev–Trinajstić information content (AvgIpc) is 2.89. The second-order valence-corrected chi connectivity index (χ2v) is 7.92. The van der Waals surface area contributed by atoms with Crippen LogP contribution in [0.5, 0.6) is 11.5 Å². The first kappa shape index (κ1) is 26.7. The molecule has 0 spiro atoms. The zero-order valence-corrected chi connectivity index (χ0v) is 20.4. The van der Waals surface area contributed by atoms with Crippen LogP contribution in [0.4, 0.5) is 0 Å². The molecule has 0 bridgehead atoms. The van der Waals surface area contributed by atoms with Gasteiger partial charge in [0.05, 0.1) is 40.1 Å². The Labute approximate surface area is 201 Å². The van der Waals surface area contributed by atoms with E-state index in [1.807, 2.05) is 25.2 Å². The Kier molecular flexibility index (Phi) is 9.90. The van der Waals surface area contributed by atoms with Crippen molar-refractivity contribution in [2.24, 2.45) is 0 Å². The van der Waals surface area contributed by atoms with Crippen LogP contribution < -0.4 is 9.47 Å². The first-order valence-corrected chi connectivity index (χ1v) is 10.9. The van der Waals surface area contributed by atoms with Crippen molar-refractivity contribution in [2.45, 2.75) is 24.7 Å². The Hall–Kier alpha value is -3.57. The Balaban J connectivity index is 2.03. The van der Waals surface area contributed by atoms with Gasteiger partial charge in [-0.25, -0.2) is 9.59 Å². The van der Waals surface area contributed by atoms with Crippen LogP contribution in [-0.4, -0.2) is 65.4 Å². The average molecular weight is 469 g/mol.